The van der Waals surface area contributed by atoms with Gasteiger partial charge in [0.05, 0.1) is 0 Å². The molecule has 1 heteroatoms. The summed E-state index contributed by atoms with van der Waals surface area (Å²) >= 11 is 0. The Morgan fingerprint density at radius 1 is 1.29 bits per heavy atom. The van der Waals surface area contributed by atoms with E-state index in [-0.39, 0.29) is 0 Å². The Bertz CT molecular complexity index is 313. The number of rotatable bonds is 3. The molecule has 0 aliphatic heterocycles. The maximum absolute atomic E-state index is 4.22. The molecule has 74 valence electrons. The Labute approximate surface area is 86.6 Å². The zero-order valence-electron chi connectivity index (χ0n) is 9.01. The molecule has 0 aromatic carbocycles. The van der Waals surface area contributed by atoms with Crippen molar-refractivity contribution in [2.24, 2.45) is 0 Å². The van der Waals surface area contributed by atoms with Gasteiger partial charge in [-0.1, -0.05) is 31.8 Å². The molecule has 0 atom stereocenters. The van der Waals surface area contributed by atoms with Crippen LogP contribution in [0.25, 0.3) is 0 Å². The van der Waals surface area contributed by atoms with Crippen molar-refractivity contribution in [3.8, 4) is 11.8 Å². The van der Waals surface area contributed by atoms with Gasteiger partial charge in [-0.15, -0.1) is 0 Å². The number of hydrogen-bond donors (Lipinski definition) is 0. The van der Waals surface area contributed by atoms with E-state index < -0.39 is 0 Å². The third-order valence-corrected chi connectivity index (χ3v) is 2.03. The van der Waals surface area contributed by atoms with Crippen LogP contribution < -0.4 is 0 Å². The van der Waals surface area contributed by atoms with Crippen molar-refractivity contribution in [2.45, 2.75) is 39.5 Å². The van der Waals surface area contributed by atoms with Gasteiger partial charge in [0.15, 0.2) is 0 Å². The lowest BCUT2D eigenvalue weighted by Gasteiger charge is -1.91. The van der Waals surface area contributed by atoms with Crippen LogP contribution in [-0.2, 0) is 0 Å². The van der Waals surface area contributed by atoms with Gasteiger partial charge in [0, 0.05) is 12.6 Å². The van der Waals surface area contributed by atoms with Crippen molar-refractivity contribution < 1.29 is 0 Å². The Balaban J connectivity index is 2.39. The summed E-state index contributed by atoms with van der Waals surface area (Å²) in [6, 6.07) is 4.02. The van der Waals surface area contributed by atoms with Crippen molar-refractivity contribution in [2.75, 3.05) is 0 Å². The highest BCUT2D eigenvalue weighted by molar-refractivity contribution is 5.28. The number of pyridine rings is 1. The zero-order chi connectivity index (χ0) is 10.2. The minimum atomic E-state index is 0.882. The van der Waals surface area contributed by atoms with Crippen molar-refractivity contribution in [1.29, 1.82) is 0 Å². The molecule has 0 unspecified atom stereocenters. The summed E-state index contributed by atoms with van der Waals surface area (Å²) in [7, 11) is 0. The molecule has 1 aromatic rings. The highest BCUT2D eigenvalue weighted by Gasteiger charge is 1.86. The van der Waals surface area contributed by atoms with Gasteiger partial charge in [-0.25, -0.2) is 4.98 Å². The highest BCUT2D eigenvalue weighted by Crippen LogP contribution is 1.99. The second kappa shape index (κ2) is 6.21. The minimum absolute atomic E-state index is 0.882. The third-order valence-electron chi connectivity index (χ3n) is 2.03. The van der Waals surface area contributed by atoms with Crippen molar-refractivity contribution in [3.05, 3.63) is 29.6 Å². The minimum Gasteiger partial charge on any atom is -0.248 e. The van der Waals surface area contributed by atoms with E-state index in [1.165, 1.54) is 24.8 Å². The van der Waals surface area contributed by atoms with Gasteiger partial charge in [-0.2, -0.15) is 0 Å². The van der Waals surface area contributed by atoms with Crippen LogP contribution in [0.5, 0.6) is 0 Å². The topological polar surface area (TPSA) is 12.9 Å². The molecule has 1 heterocycles. The Hall–Kier alpha value is -1.29. The van der Waals surface area contributed by atoms with E-state index in [0.29, 0.717) is 0 Å². The lowest BCUT2D eigenvalue weighted by molar-refractivity contribution is 0.737. The molecule has 0 aliphatic rings. The van der Waals surface area contributed by atoms with Crippen LogP contribution in [0.2, 0.25) is 0 Å². The van der Waals surface area contributed by atoms with E-state index in [2.05, 4.69) is 23.7 Å². The smallest absolute Gasteiger partial charge is 0.113 e. The number of nitrogens with zero attached hydrogens (tertiary/aromatic N) is 1. The summed E-state index contributed by atoms with van der Waals surface area (Å²) in [6.45, 7) is 4.24. The second-order valence-corrected chi connectivity index (χ2v) is 3.48. The van der Waals surface area contributed by atoms with Crippen LogP contribution in [0.4, 0.5) is 0 Å². The summed E-state index contributed by atoms with van der Waals surface area (Å²) in [5, 5.41) is 0. The Kier molecular flexibility index (Phi) is 4.78. The predicted molar refractivity (Wildman–Crippen MR) is 60.0 cm³/mol. The van der Waals surface area contributed by atoms with E-state index in [0.717, 1.165) is 12.1 Å². The second-order valence-electron chi connectivity index (χ2n) is 3.48. The van der Waals surface area contributed by atoms with Gasteiger partial charge in [-0.3, -0.25) is 0 Å². The van der Waals surface area contributed by atoms with E-state index in [4.69, 9.17) is 0 Å². The van der Waals surface area contributed by atoms with Crippen LogP contribution in [0.1, 0.15) is 43.9 Å². The maximum Gasteiger partial charge on any atom is 0.113 e. The first-order valence-electron chi connectivity index (χ1n) is 5.24. The SMILES string of the molecule is CCCCCC#Cc1ccc(C)cn1. The fraction of sp³-hybridized carbons (Fsp3) is 0.462. The molecule has 0 N–H and O–H groups in total. The third kappa shape index (κ3) is 4.09. The van der Waals surface area contributed by atoms with Gasteiger partial charge < -0.3 is 0 Å². The number of hydrogen-bond acceptors (Lipinski definition) is 1. The largest absolute Gasteiger partial charge is 0.248 e. The summed E-state index contributed by atoms with van der Waals surface area (Å²) in [5.41, 5.74) is 2.06. The Morgan fingerprint density at radius 2 is 2.14 bits per heavy atom. The quantitative estimate of drug-likeness (QED) is 0.522. The van der Waals surface area contributed by atoms with Gasteiger partial charge in [0.2, 0.25) is 0 Å². The Morgan fingerprint density at radius 3 is 2.79 bits per heavy atom. The van der Waals surface area contributed by atoms with Crippen molar-refractivity contribution in [3.63, 3.8) is 0 Å². The van der Waals surface area contributed by atoms with Gasteiger partial charge in [-0.05, 0) is 30.9 Å². The van der Waals surface area contributed by atoms with Crippen LogP contribution >= 0.6 is 0 Å². The van der Waals surface area contributed by atoms with Crippen molar-refractivity contribution in [1.82, 2.24) is 4.98 Å². The fourth-order valence-corrected chi connectivity index (χ4v) is 1.16. The lowest BCUT2D eigenvalue weighted by Crippen LogP contribution is -1.82. The maximum atomic E-state index is 4.22. The molecule has 0 saturated heterocycles. The first kappa shape index (κ1) is 10.8. The van der Waals surface area contributed by atoms with Crippen LogP contribution in [0, 0.1) is 18.8 Å². The molecule has 0 saturated carbocycles. The molecule has 0 amide bonds. The summed E-state index contributed by atoms with van der Waals surface area (Å²) in [5.74, 6) is 6.21. The predicted octanol–water partition coefficient (Wildman–Crippen LogP) is 3.32. The normalized spacial score (nSPS) is 9.29. The first-order valence-corrected chi connectivity index (χ1v) is 5.24. The molecule has 0 radical (unpaired) electrons. The van der Waals surface area contributed by atoms with Gasteiger partial charge in [0.1, 0.15) is 5.69 Å². The average Bonchev–Trinajstić information content (AvgIpc) is 2.21. The van der Waals surface area contributed by atoms with Crippen LogP contribution in [0.3, 0.4) is 0 Å². The van der Waals surface area contributed by atoms with E-state index in [1.54, 1.807) is 0 Å². The van der Waals surface area contributed by atoms with Crippen LogP contribution in [-0.4, -0.2) is 4.98 Å². The number of unbranched alkanes of at least 4 members (excludes halogenated alkanes) is 3. The zero-order valence-corrected chi connectivity index (χ0v) is 9.01. The molecular formula is C13H17N. The first-order chi connectivity index (χ1) is 6.83. The van der Waals surface area contributed by atoms with E-state index in [9.17, 15) is 0 Å². The molecular weight excluding hydrogens is 170 g/mol. The molecule has 1 rings (SSSR count). The molecule has 1 nitrogen and oxygen atoms in total. The summed E-state index contributed by atoms with van der Waals surface area (Å²) in [6.07, 6.45) is 6.58. The number of aryl methyl sites for hydroxylation is 1. The molecule has 0 spiro atoms. The molecule has 0 fully saturated rings. The van der Waals surface area contributed by atoms with E-state index >= 15 is 0 Å². The fourth-order valence-electron chi connectivity index (χ4n) is 1.16. The lowest BCUT2D eigenvalue weighted by atomic mass is 10.2. The number of aromatic nitrogens is 1. The van der Waals surface area contributed by atoms with Crippen LogP contribution in [0.15, 0.2) is 18.3 Å². The molecule has 14 heavy (non-hydrogen) atoms. The molecule has 0 aliphatic carbocycles. The molecule has 1 aromatic heterocycles. The van der Waals surface area contributed by atoms with Gasteiger partial charge >= 0.3 is 0 Å². The van der Waals surface area contributed by atoms with Crippen molar-refractivity contribution >= 4 is 0 Å². The van der Waals surface area contributed by atoms with E-state index in [1.807, 2.05) is 25.3 Å². The summed E-state index contributed by atoms with van der Waals surface area (Å²) in [4.78, 5) is 4.22. The standard InChI is InChI=1S/C13H17N/c1-3-4-5-6-7-8-13-10-9-12(2)11-14-13/h9-11H,3-6H2,1-2H3. The van der Waals surface area contributed by atoms with Gasteiger partial charge in [0.25, 0.3) is 0 Å². The average molecular weight is 187 g/mol. The highest BCUT2D eigenvalue weighted by atomic mass is 14.7. The monoisotopic (exact) mass is 187 g/mol. The summed E-state index contributed by atoms with van der Waals surface area (Å²) < 4.78 is 0. The molecule has 0 bridgehead atoms.